The Labute approximate surface area is 129 Å². The molecule has 1 N–H and O–H groups in total. The van der Waals surface area contributed by atoms with Gasteiger partial charge in [-0.2, -0.15) is 0 Å². The van der Waals surface area contributed by atoms with Crippen LogP contribution in [0, 0.1) is 17.5 Å². The Bertz CT molecular complexity index is 626. The van der Waals surface area contributed by atoms with Gasteiger partial charge < -0.3 is 10.1 Å². The maximum absolute atomic E-state index is 14.0. The molecule has 0 unspecified atom stereocenters. The first-order chi connectivity index (χ1) is 10.0. The maximum Gasteiger partial charge on any atom is 0.198 e. The van der Waals surface area contributed by atoms with Gasteiger partial charge in [0.15, 0.2) is 17.4 Å². The highest BCUT2D eigenvalue weighted by Gasteiger charge is 2.15. The van der Waals surface area contributed by atoms with Gasteiger partial charge in [0.05, 0.1) is 4.47 Å². The van der Waals surface area contributed by atoms with E-state index in [2.05, 4.69) is 21.2 Å². The molecule has 0 bridgehead atoms. The van der Waals surface area contributed by atoms with Crippen LogP contribution in [0.3, 0.4) is 0 Å². The lowest BCUT2D eigenvalue weighted by atomic mass is 10.2. The van der Waals surface area contributed by atoms with E-state index < -0.39 is 23.2 Å². The van der Waals surface area contributed by atoms with Crippen molar-refractivity contribution in [2.24, 2.45) is 0 Å². The standard InChI is InChI=1S/C15H13BrF3NO/c1-2-20-8-9-5-12(18)15(13(19)6-9)21-14-7-10(17)3-4-11(14)16/h3-7,20H,2,8H2,1H3. The Morgan fingerprint density at radius 3 is 2.38 bits per heavy atom. The van der Waals surface area contributed by atoms with Crippen LogP contribution in [-0.4, -0.2) is 6.54 Å². The van der Waals surface area contributed by atoms with Crippen LogP contribution < -0.4 is 10.1 Å². The third-order valence-corrected chi connectivity index (χ3v) is 3.40. The number of rotatable bonds is 5. The second-order valence-corrected chi connectivity index (χ2v) is 5.20. The molecule has 21 heavy (non-hydrogen) atoms. The molecule has 2 rings (SSSR count). The van der Waals surface area contributed by atoms with Crippen LogP contribution in [-0.2, 0) is 6.54 Å². The second kappa shape index (κ2) is 6.95. The van der Waals surface area contributed by atoms with Crippen LogP contribution in [0.25, 0.3) is 0 Å². The summed E-state index contributed by atoms with van der Waals surface area (Å²) in [6.45, 7) is 2.94. The summed E-state index contributed by atoms with van der Waals surface area (Å²) in [7, 11) is 0. The molecule has 2 aromatic rings. The Morgan fingerprint density at radius 1 is 1.10 bits per heavy atom. The summed E-state index contributed by atoms with van der Waals surface area (Å²) in [5.74, 6) is -2.77. The smallest absolute Gasteiger partial charge is 0.198 e. The molecular weight excluding hydrogens is 347 g/mol. The summed E-state index contributed by atoms with van der Waals surface area (Å²) in [5, 5.41) is 2.97. The second-order valence-electron chi connectivity index (χ2n) is 4.35. The van der Waals surface area contributed by atoms with Gasteiger partial charge in [0.2, 0.25) is 0 Å². The quantitative estimate of drug-likeness (QED) is 0.830. The summed E-state index contributed by atoms with van der Waals surface area (Å²) < 4.78 is 46.6. The van der Waals surface area contributed by atoms with Crippen molar-refractivity contribution < 1.29 is 17.9 Å². The highest BCUT2D eigenvalue weighted by Crippen LogP contribution is 2.33. The molecule has 0 aromatic heterocycles. The van der Waals surface area contributed by atoms with Crippen molar-refractivity contribution in [3.8, 4) is 11.5 Å². The molecule has 0 radical (unpaired) electrons. The van der Waals surface area contributed by atoms with E-state index in [4.69, 9.17) is 4.74 Å². The van der Waals surface area contributed by atoms with Crippen LogP contribution >= 0.6 is 15.9 Å². The normalized spacial score (nSPS) is 10.7. The fourth-order valence-corrected chi connectivity index (χ4v) is 2.07. The van der Waals surface area contributed by atoms with E-state index >= 15 is 0 Å². The van der Waals surface area contributed by atoms with Gasteiger partial charge >= 0.3 is 0 Å². The van der Waals surface area contributed by atoms with Crippen molar-refractivity contribution in [3.63, 3.8) is 0 Å². The largest absolute Gasteiger partial charge is 0.450 e. The summed E-state index contributed by atoms with van der Waals surface area (Å²) in [6, 6.07) is 6.04. The number of benzene rings is 2. The number of hydrogen-bond acceptors (Lipinski definition) is 2. The molecule has 0 spiro atoms. The average molecular weight is 360 g/mol. The van der Waals surface area contributed by atoms with Gasteiger partial charge in [-0.05, 0) is 52.3 Å². The molecule has 0 fully saturated rings. The SMILES string of the molecule is CCNCc1cc(F)c(Oc2cc(F)ccc2Br)c(F)c1. The van der Waals surface area contributed by atoms with Crippen LogP contribution in [0.2, 0.25) is 0 Å². The molecule has 6 heteroatoms. The van der Waals surface area contributed by atoms with Crippen molar-refractivity contribution in [2.45, 2.75) is 13.5 Å². The van der Waals surface area contributed by atoms with Gasteiger partial charge in [0.1, 0.15) is 11.6 Å². The van der Waals surface area contributed by atoms with Crippen LogP contribution in [0.1, 0.15) is 12.5 Å². The molecule has 0 aliphatic rings. The van der Waals surface area contributed by atoms with Crippen molar-refractivity contribution in [1.82, 2.24) is 5.32 Å². The molecule has 0 aliphatic carbocycles. The highest BCUT2D eigenvalue weighted by atomic mass is 79.9. The number of hydrogen-bond donors (Lipinski definition) is 1. The molecule has 0 heterocycles. The van der Waals surface area contributed by atoms with Crippen molar-refractivity contribution in [1.29, 1.82) is 0 Å². The monoisotopic (exact) mass is 359 g/mol. The average Bonchev–Trinajstić information content (AvgIpc) is 2.44. The topological polar surface area (TPSA) is 21.3 Å². The molecule has 2 aromatic carbocycles. The van der Waals surface area contributed by atoms with E-state index in [0.29, 0.717) is 23.1 Å². The molecule has 0 aliphatic heterocycles. The van der Waals surface area contributed by atoms with E-state index in [9.17, 15) is 13.2 Å². The summed E-state index contributed by atoms with van der Waals surface area (Å²) in [5.41, 5.74) is 0.470. The lowest BCUT2D eigenvalue weighted by molar-refractivity contribution is 0.402. The predicted molar refractivity (Wildman–Crippen MR) is 77.9 cm³/mol. The summed E-state index contributed by atoms with van der Waals surface area (Å²) >= 11 is 3.14. The number of ether oxygens (including phenoxy) is 1. The zero-order valence-corrected chi connectivity index (χ0v) is 12.8. The Morgan fingerprint density at radius 2 is 1.76 bits per heavy atom. The lowest BCUT2D eigenvalue weighted by Gasteiger charge is -2.11. The molecule has 2 nitrogen and oxygen atoms in total. The zero-order chi connectivity index (χ0) is 15.4. The van der Waals surface area contributed by atoms with E-state index in [0.717, 1.165) is 6.07 Å². The van der Waals surface area contributed by atoms with Crippen molar-refractivity contribution >= 4 is 15.9 Å². The first-order valence-electron chi connectivity index (χ1n) is 6.32. The minimum Gasteiger partial charge on any atom is -0.450 e. The van der Waals surface area contributed by atoms with Crippen LogP contribution in [0.5, 0.6) is 11.5 Å². The van der Waals surface area contributed by atoms with Crippen molar-refractivity contribution in [3.05, 3.63) is 57.8 Å². The van der Waals surface area contributed by atoms with E-state index in [1.807, 2.05) is 6.92 Å². The highest BCUT2D eigenvalue weighted by molar-refractivity contribution is 9.10. The molecule has 0 atom stereocenters. The lowest BCUT2D eigenvalue weighted by Crippen LogP contribution is -2.12. The molecular formula is C15H13BrF3NO. The fraction of sp³-hybridized carbons (Fsp3) is 0.200. The Balaban J connectivity index is 2.30. The van der Waals surface area contributed by atoms with Crippen LogP contribution in [0.4, 0.5) is 13.2 Å². The maximum atomic E-state index is 14.0. The van der Waals surface area contributed by atoms with Gasteiger partial charge in [0.25, 0.3) is 0 Å². The molecule has 0 saturated heterocycles. The van der Waals surface area contributed by atoms with Gasteiger partial charge in [-0.3, -0.25) is 0 Å². The molecule has 0 amide bonds. The molecule has 112 valence electrons. The van der Waals surface area contributed by atoms with Crippen molar-refractivity contribution in [2.75, 3.05) is 6.54 Å². The Kier molecular flexibility index (Phi) is 5.25. The van der Waals surface area contributed by atoms with Gasteiger partial charge in [-0.1, -0.05) is 6.92 Å². The van der Waals surface area contributed by atoms with Gasteiger partial charge in [-0.15, -0.1) is 0 Å². The first-order valence-corrected chi connectivity index (χ1v) is 7.12. The van der Waals surface area contributed by atoms with Gasteiger partial charge in [-0.25, -0.2) is 13.2 Å². The zero-order valence-electron chi connectivity index (χ0n) is 11.2. The summed E-state index contributed by atoms with van der Waals surface area (Å²) in [6.07, 6.45) is 0. The van der Waals surface area contributed by atoms with Gasteiger partial charge in [0, 0.05) is 12.6 Å². The van der Waals surface area contributed by atoms with E-state index in [1.54, 1.807) is 0 Å². The minimum absolute atomic E-state index is 0.00670. The molecule has 0 saturated carbocycles. The summed E-state index contributed by atoms with van der Waals surface area (Å²) in [4.78, 5) is 0. The van der Waals surface area contributed by atoms with E-state index in [1.165, 1.54) is 24.3 Å². The number of nitrogens with one attached hydrogen (secondary N) is 1. The fourth-order valence-electron chi connectivity index (χ4n) is 1.75. The van der Waals surface area contributed by atoms with E-state index in [-0.39, 0.29) is 5.75 Å². The third kappa shape index (κ3) is 3.98. The third-order valence-electron chi connectivity index (χ3n) is 2.74. The Hall–Kier alpha value is -1.53. The number of halogens is 4. The first kappa shape index (κ1) is 15.9. The minimum atomic E-state index is -0.834. The predicted octanol–water partition coefficient (Wildman–Crippen LogP) is 4.77. The van der Waals surface area contributed by atoms with Crippen LogP contribution in [0.15, 0.2) is 34.8 Å².